The van der Waals surface area contributed by atoms with Crippen molar-refractivity contribution in [3.05, 3.63) is 11.6 Å². The van der Waals surface area contributed by atoms with Crippen molar-refractivity contribution >= 4 is 0 Å². The highest BCUT2D eigenvalue weighted by Crippen LogP contribution is 2.58. The highest BCUT2D eigenvalue weighted by Gasteiger charge is 2.60. The van der Waals surface area contributed by atoms with Gasteiger partial charge in [-0.25, -0.2) is 0 Å². The zero-order valence-corrected chi connectivity index (χ0v) is 15.1. The van der Waals surface area contributed by atoms with Crippen LogP contribution in [0.15, 0.2) is 11.6 Å². The van der Waals surface area contributed by atoms with Gasteiger partial charge in [0.2, 0.25) is 0 Å². The van der Waals surface area contributed by atoms with E-state index in [4.69, 9.17) is 4.74 Å². The highest BCUT2D eigenvalue weighted by molar-refractivity contribution is 5.10. The molecule has 2 bridgehead atoms. The van der Waals surface area contributed by atoms with Crippen LogP contribution in [0.5, 0.6) is 0 Å². The van der Waals surface area contributed by atoms with Gasteiger partial charge >= 0.3 is 0 Å². The normalized spacial score (nSPS) is 49.3. The highest BCUT2D eigenvalue weighted by atomic mass is 16.5. The molecular formula is C20H34O2. The maximum atomic E-state index is 10.3. The zero-order chi connectivity index (χ0) is 16.1. The van der Waals surface area contributed by atoms with E-state index in [0.717, 1.165) is 12.8 Å². The summed E-state index contributed by atoms with van der Waals surface area (Å²) in [5.74, 6) is 2.40. The van der Waals surface area contributed by atoms with Gasteiger partial charge in [0.15, 0.2) is 0 Å². The van der Waals surface area contributed by atoms with Crippen LogP contribution in [-0.2, 0) is 4.74 Å². The molecule has 2 heteroatoms. The summed E-state index contributed by atoms with van der Waals surface area (Å²) in [5.41, 5.74) is 1.58. The van der Waals surface area contributed by atoms with Gasteiger partial charge in [-0.1, -0.05) is 25.5 Å². The first-order chi connectivity index (χ1) is 10.3. The van der Waals surface area contributed by atoms with E-state index in [-0.39, 0.29) is 17.3 Å². The molecule has 2 aliphatic heterocycles. The van der Waals surface area contributed by atoms with Crippen LogP contribution in [0.2, 0.25) is 0 Å². The van der Waals surface area contributed by atoms with Crippen molar-refractivity contribution in [2.45, 2.75) is 90.4 Å². The third-order valence-corrected chi connectivity index (χ3v) is 7.37. The first-order valence-corrected chi connectivity index (χ1v) is 9.31. The summed E-state index contributed by atoms with van der Waals surface area (Å²) in [7, 11) is 0. The molecule has 0 aromatic rings. The van der Waals surface area contributed by atoms with Crippen molar-refractivity contribution < 1.29 is 9.84 Å². The van der Waals surface area contributed by atoms with Crippen LogP contribution in [0.25, 0.3) is 0 Å². The van der Waals surface area contributed by atoms with Gasteiger partial charge in [-0.2, -0.15) is 0 Å². The molecule has 1 N–H and O–H groups in total. The predicted molar refractivity (Wildman–Crippen MR) is 90.7 cm³/mol. The van der Waals surface area contributed by atoms with Crippen molar-refractivity contribution in [3.63, 3.8) is 0 Å². The van der Waals surface area contributed by atoms with Crippen LogP contribution in [0.3, 0.4) is 0 Å². The van der Waals surface area contributed by atoms with E-state index >= 15 is 0 Å². The Kier molecular flexibility index (Phi) is 4.23. The largest absolute Gasteiger partial charge is 0.389 e. The molecule has 0 aromatic heterocycles. The van der Waals surface area contributed by atoms with Crippen LogP contribution in [0, 0.1) is 23.7 Å². The molecule has 0 amide bonds. The Morgan fingerprint density at radius 2 is 2.00 bits per heavy atom. The molecule has 3 rings (SSSR count). The van der Waals surface area contributed by atoms with Crippen molar-refractivity contribution in [2.75, 3.05) is 0 Å². The molecule has 2 nitrogen and oxygen atoms in total. The Balaban J connectivity index is 1.59. The minimum Gasteiger partial charge on any atom is -0.389 e. The first-order valence-electron chi connectivity index (χ1n) is 9.31. The van der Waals surface area contributed by atoms with E-state index in [1.165, 1.54) is 31.3 Å². The van der Waals surface area contributed by atoms with Gasteiger partial charge in [0.05, 0.1) is 17.3 Å². The topological polar surface area (TPSA) is 29.5 Å². The van der Waals surface area contributed by atoms with Crippen molar-refractivity contribution in [1.82, 2.24) is 0 Å². The monoisotopic (exact) mass is 306 g/mol. The molecule has 2 fully saturated rings. The van der Waals surface area contributed by atoms with E-state index in [2.05, 4.69) is 40.7 Å². The predicted octanol–water partition coefficient (Wildman–Crippen LogP) is 4.71. The van der Waals surface area contributed by atoms with Crippen LogP contribution < -0.4 is 0 Å². The lowest BCUT2D eigenvalue weighted by Gasteiger charge is -2.36. The fraction of sp³-hybridized carbons (Fsp3) is 0.900. The van der Waals surface area contributed by atoms with Gasteiger partial charge < -0.3 is 9.84 Å². The molecule has 126 valence electrons. The standard InChI is InChI=1S/C20H34O2/c1-13-6-8-16(18(21)12-13)14(2)7-9-17-15(3)19(4)10-11-20(17,5)22-19/h12,14-18,21H,6-11H2,1-5H3/t14-,15+,16+,17+,18+,19+,20-/m0/s1. The molecule has 0 saturated carbocycles. The lowest BCUT2D eigenvalue weighted by molar-refractivity contribution is -0.0434. The van der Waals surface area contributed by atoms with Gasteiger partial charge in [-0.05, 0) is 83.0 Å². The maximum absolute atomic E-state index is 10.3. The quantitative estimate of drug-likeness (QED) is 0.762. The molecule has 2 saturated heterocycles. The minimum atomic E-state index is -0.231. The SMILES string of the molecule is CC1=C[C@@H](O)[C@@H]([C@@H](C)CC[C@@H]2[C@@H](C)[C@@]3(C)CC[C@]2(C)O3)CC1. The molecule has 2 heterocycles. The molecule has 0 radical (unpaired) electrons. The molecule has 1 aliphatic carbocycles. The lowest BCUT2D eigenvalue weighted by atomic mass is 9.66. The fourth-order valence-electron chi connectivity index (χ4n) is 5.56. The average molecular weight is 306 g/mol. The van der Waals surface area contributed by atoms with Crippen LogP contribution in [0.4, 0.5) is 0 Å². The molecule has 7 atom stereocenters. The Morgan fingerprint density at radius 1 is 1.32 bits per heavy atom. The second kappa shape index (κ2) is 5.63. The number of hydrogen-bond donors (Lipinski definition) is 1. The molecule has 3 aliphatic rings. The zero-order valence-electron chi connectivity index (χ0n) is 15.1. The Morgan fingerprint density at radius 3 is 2.59 bits per heavy atom. The second-order valence-corrected chi connectivity index (χ2v) is 8.88. The smallest absolute Gasteiger partial charge is 0.0754 e. The minimum absolute atomic E-state index is 0.107. The summed E-state index contributed by atoms with van der Waals surface area (Å²) in [6, 6.07) is 0. The Labute approximate surface area is 136 Å². The molecular weight excluding hydrogens is 272 g/mol. The number of fused-ring (bicyclic) bond motifs is 2. The number of rotatable bonds is 4. The van der Waals surface area contributed by atoms with Crippen molar-refractivity contribution in [1.29, 1.82) is 0 Å². The van der Waals surface area contributed by atoms with Gasteiger partial charge in [-0.15, -0.1) is 0 Å². The van der Waals surface area contributed by atoms with Crippen LogP contribution >= 0.6 is 0 Å². The number of allylic oxidation sites excluding steroid dienone is 1. The summed E-state index contributed by atoms with van der Waals surface area (Å²) in [4.78, 5) is 0. The van der Waals surface area contributed by atoms with Crippen molar-refractivity contribution in [2.24, 2.45) is 23.7 Å². The summed E-state index contributed by atoms with van der Waals surface area (Å²) in [6.45, 7) is 11.5. The summed E-state index contributed by atoms with van der Waals surface area (Å²) >= 11 is 0. The van der Waals surface area contributed by atoms with E-state index in [1.54, 1.807) is 0 Å². The number of ether oxygens (including phenoxy) is 1. The molecule has 0 aromatic carbocycles. The van der Waals surface area contributed by atoms with Gasteiger partial charge in [0.25, 0.3) is 0 Å². The van der Waals surface area contributed by atoms with E-state index in [0.29, 0.717) is 23.7 Å². The van der Waals surface area contributed by atoms with Crippen molar-refractivity contribution in [3.8, 4) is 0 Å². The van der Waals surface area contributed by atoms with E-state index < -0.39 is 0 Å². The van der Waals surface area contributed by atoms with Gasteiger partial charge in [0.1, 0.15) is 0 Å². The summed E-state index contributed by atoms with van der Waals surface area (Å²) < 4.78 is 6.43. The van der Waals surface area contributed by atoms with Gasteiger partial charge in [0, 0.05) is 0 Å². The van der Waals surface area contributed by atoms with E-state index in [9.17, 15) is 5.11 Å². The third-order valence-electron chi connectivity index (χ3n) is 7.37. The lowest BCUT2D eigenvalue weighted by Crippen LogP contribution is -2.37. The van der Waals surface area contributed by atoms with E-state index in [1.807, 2.05) is 0 Å². The Bertz CT molecular complexity index is 457. The molecule has 0 unspecified atom stereocenters. The molecule has 0 spiro atoms. The maximum Gasteiger partial charge on any atom is 0.0754 e. The fourth-order valence-corrected chi connectivity index (χ4v) is 5.56. The Hall–Kier alpha value is -0.340. The second-order valence-electron chi connectivity index (χ2n) is 8.88. The summed E-state index contributed by atoms with van der Waals surface area (Å²) in [6.07, 6.45) is 9.07. The van der Waals surface area contributed by atoms with Gasteiger partial charge in [-0.3, -0.25) is 0 Å². The first kappa shape index (κ1) is 16.5. The summed E-state index contributed by atoms with van der Waals surface area (Å²) in [5, 5.41) is 10.3. The number of aliphatic hydroxyl groups is 1. The van der Waals surface area contributed by atoms with Crippen LogP contribution in [-0.4, -0.2) is 22.4 Å². The van der Waals surface area contributed by atoms with Crippen LogP contribution in [0.1, 0.15) is 73.1 Å². The number of hydrogen-bond acceptors (Lipinski definition) is 2. The third kappa shape index (κ3) is 2.67. The average Bonchev–Trinajstić information content (AvgIpc) is 2.84. The molecule has 22 heavy (non-hydrogen) atoms. The number of aliphatic hydroxyl groups excluding tert-OH is 1.